The minimum absolute atomic E-state index is 0.220. The summed E-state index contributed by atoms with van der Waals surface area (Å²) in [4.78, 5) is 0. The van der Waals surface area contributed by atoms with E-state index in [2.05, 4.69) is 13.1 Å². The van der Waals surface area contributed by atoms with E-state index in [0.29, 0.717) is 0 Å². The van der Waals surface area contributed by atoms with Gasteiger partial charge in [0.15, 0.2) is 0 Å². The lowest BCUT2D eigenvalue weighted by molar-refractivity contribution is -0.152. The second kappa shape index (κ2) is 5.75. The number of rotatable bonds is 6. The fraction of sp³-hybridized carbons (Fsp3) is 1.00. The van der Waals surface area contributed by atoms with E-state index in [9.17, 15) is 0 Å². The smallest absolute Gasteiger partial charge is 0.147 e. The van der Waals surface area contributed by atoms with E-state index in [1.165, 1.54) is 0 Å². The van der Waals surface area contributed by atoms with Crippen LogP contribution in [0.1, 0.15) is 19.8 Å². The van der Waals surface area contributed by atoms with E-state index in [0.717, 1.165) is 12.8 Å². The van der Waals surface area contributed by atoms with Crippen LogP contribution in [0, 0.1) is 0 Å². The van der Waals surface area contributed by atoms with E-state index in [1.54, 1.807) is 14.2 Å². The highest BCUT2D eigenvalue weighted by atomic mass is 28.3. The summed E-state index contributed by atoms with van der Waals surface area (Å²) in [7, 11) is 2.46. The standard InChI is InChI=1S/C9H23NO2Si/c1-8(10)6-7-9(11-2,12-3)13(4)5/h8,13H,6-7,10H2,1-5H3. The predicted molar refractivity (Wildman–Crippen MR) is 58.5 cm³/mol. The molecule has 0 aromatic carbocycles. The van der Waals surface area contributed by atoms with E-state index in [-0.39, 0.29) is 11.5 Å². The third-order valence-electron chi connectivity index (χ3n) is 2.52. The van der Waals surface area contributed by atoms with E-state index in [1.807, 2.05) is 6.92 Å². The molecule has 0 aromatic heterocycles. The molecule has 0 aliphatic rings. The van der Waals surface area contributed by atoms with Gasteiger partial charge in [-0.1, -0.05) is 13.1 Å². The molecule has 0 heterocycles. The number of hydrogen-bond acceptors (Lipinski definition) is 3. The first-order valence-corrected chi connectivity index (χ1v) is 7.73. The zero-order valence-electron chi connectivity index (χ0n) is 9.46. The van der Waals surface area contributed by atoms with Crippen LogP contribution in [0.4, 0.5) is 0 Å². The topological polar surface area (TPSA) is 44.5 Å². The average molecular weight is 205 g/mol. The minimum Gasteiger partial charge on any atom is -0.357 e. The molecular formula is C9H23NO2Si. The van der Waals surface area contributed by atoms with Crippen LogP contribution in [-0.2, 0) is 9.47 Å². The van der Waals surface area contributed by atoms with Crippen LogP contribution in [0.2, 0.25) is 13.1 Å². The quantitative estimate of drug-likeness (QED) is 0.522. The first-order valence-electron chi connectivity index (χ1n) is 4.84. The van der Waals surface area contributed by atoms with Crippen LogP contribution in [0.15, 0.2) is 0 Å². The fourth-order valence-corrected chi connectivity index (χ4v) is 3.16. The van der Waals surface area contributed by atoms with Crippen molar-refractivity contribution in [3.05, 3.63) is 0 Å². The van der Waals surface area contributed by atoms with Crippen molar-refractivity contribution in [2.45, 2.75) is 44.3 Å². The van der Waals surface area contributed by atoms with Crippen molar-refractivity contribution < 1.29 is 9.47 Å². The Morgan fingerprint density at radius 3 is 2.00 bits per heavy atom. The number of nitrogens with two attached hydrogens (primary N) is 1. The fourth-order valence-electron chi connectivity index (χ4n) is 1.48. The zero-order valence-corrected chi connectivity index (χ0v) is 10.6. The van der Waals surface area contributed by atoms with Crippen molar-refractivity contribution in [1.29, 1.82) is 0 Å². The molecule has 0 aromatic rings. The van der Waals surface area contributed by atoms with Crippen LogP contribution in [0.5, 0.6) is 0 Å². The lowest BCUT2D eigenvalue weighted by Gasteiger charge is -2.34. The van der Waals surface area contributed by atoms with Crippen molar-refractivity contribution in [2.75, 3.05) is 14.2 Å². The van der Waals surface area contributed by atoms with Gasteiger partial charge in [0.05, 0.1) is 0 Å². The van der Waals surface area contributed by atoms with Gasteiger partial charge in [-0.05, 0) is 19.8 Å². The normalized spacial score (nSPS) is 15.0. The summed E-state index contributed by atoms with van der Waals surface area (Å²) in [5.41, 5.74) is 5.39. The van der Waals surface area contributed by atoms with Gasteiger partial charge < -0.3 is 15.2 Å². The van der Waals surface area contributed by atoms with Crippen molar-refractivity contribution in [3.63, 3.8) is 0 Å². The Morgan fingerprint density at radius 1 is 1.31 bits per heavy atom. The highest BCUT2D eigenvalue weighted by molar-refractivity contribution is 6.58. The monoisotopic (exact) mass is 205 g/mol. The highest BCUT2D eigenvalue weighted by Gasteiger charge is 2.33. The van der Waals surface area contributed by atoms with Gasteiger partial charge in [-0.15, -0.1) is 0 Å². The molecule has 3 nitrogen and oxygen atoms in total. The molecule has 1 unspecified atom stereocenters. The van der Waals surface area contributed by atoms with Crippen LogP contribution in [0.25, 0.3) is 0 Å². The Morgan fingerprint density at radius 2 is 1.77 bits per heavy atom. The summed E-state index contributed by atoms with van der Waals surface area (Å²) < 4.78 is 11.0. The number of hydrogen-bond donors (Lipinski definition) is 1. The Labute approximate surface area is 83.2 Å². The zero-order chi connectivity index (χ0) is 10.5. The molecule has 0 spiro atoms. The van der Waals surface area contributed by atoms with Gasteiger partial charge >= 0.3 is 0 Å². The van der Waals surface area contributed by atoms with Gasteiger partial charge in [-0.25, -0.2) is 0 Å². The second-order valence-electron chi connectivity index (χ2n) is 3.89. The van der Waals surface area contributed by atoms with Gasteiger partial charge in [0.2, 0.25) is 0 Å². The maximum Gasteiger partial charge on any atom is 0.147 e. The van der Waals surface area contributed by atoms with Crippen molar-refractivity contribution in [3.8, 4) is 0 Å². The Hall–Kier alpha value is 0.0969. The molecule has 0 rings (SSSR count). The minimum atomic E-state index is -0.980. The molecule has 0 aliphatic carbocycles. The molecule has 4 heteroatoms. The molecule has 1 atom stereocenters. The third-order valence-corrected chi connectivity index (χ3v) is 5.04. The van der Waals surface area contributed by atoms with Gasteiger partial charge in [0.1, 0.15) is 14.2 Å². The average Bonchev–Trinajstić information content (AvgIpc) is 2.06. The molecule has 0 bridgehead atoms. The lowest BCUT2D eigenvalue weighted by Crippen LogP contribution is -2.46. The van der Waals surface area contributed by atoms with Crippen molar-refractivity contribution in [2.24, 2.45) is 5.73 Å². The van der Waals surface area contributed by atoms with E-state index in [4.69, 9.17) is 15.2 Å². The van der Waals surface area contributed by atoms with E-state index < -0.39 is 8.80 Å². The van der Waals surface area contributed by atoms with Crippen LogP contribution in [-0.4, -0.2) is 34.5 Å². The number of ether oxygens (including phenoxy) is 2. The van der Waals surface area contributed by atoms with Gasteiger partial charge in [-0.3, -0.25) is 0 Å². The first-order chi connectivity index (χ1) is 5.98. The first kappa shape index (κ1) is 13.1. The highest BCUT2D eigenvalue weighted by Crippen LogP contribution is 2.22. The van der Waals surface area contributed by atoms with E-state index >= 15 is 0 Å². The molecule has 0 saturated heterocycles. The molecule has 80 valence electrons. The molecule has 2 N–H and O–H groups in total. The van der Waals surface area contributed by atoms with Crippen LogP contribution in [0.3, 0.4) is 0 Å². The Bertz CT molecular complexity index is 136. The Kier molecular flexibility index (Phi) is 5.79. The summed E-state index contributed by atoms with van der Waals surface area (Å²) in [5.74, 6) is 0. The van der Waals surface area contributed by atoms with Crippen molar-refractivity contribution >= 4 is 8.80 Å². The Balaban J connectivity index is 4.22. The van der Waals surface area contributed by atoms with Gasteiger partial charge in [0.25, 0.3) is 0 Å². The molecular weight excluding hydrogens is 182 g/mol. The largest absolute Gasteiger partial charge is 0.357 e. The van der Waals surface area contributed by atoms with Gasteiger partial charge in [-0.2, -0.15) is 0 Å². The number of methoxy groups -OCH3 is 2. The summed E-state index contributed by atoms with van der Waals surface area (Å²) in [5, 5.41) is 0. The van der Waals surface area contributed by atoms with Crippen LogP contribution >= 0.6 is 0 Å². The lowest BCUT2D eigenvalue weighted by atomic mass is 10.2. The SMILES string of the molecule is COC(CCC(C)N)(OC)[SiH](C)C. The summed E-state index contributed by atoms with van der Waals surface area (Å²) in [6.07, 6.45) is 1.86. The molecule has 0 radical (unpaired) electrons. The molecule has 13 heavy (non-hydrogen) atoms. The summed E-state index contributed by atoms with van der Waals surface area (Å²) >= 11 is 0. The molecule has 0 aliphatic heterocycles. The summed E-state index contributed by atoms with van der Waals surface area (Å²) in [6.45, 7) is 6.47. The maximum absolute atomic E-state index is 5.71. The van der Waals surface area contributed by atoms with Gasteiger partial charge in [0, 0.05) is 20.3 Å². The van der Waals surface area contributed by atoms with Crippen molar-refractivity contribution in [1.82, 2.24) is 0 Å². The maximum atomic E-state index is 5.71. The summed E-state index contributed by atoms with van der Waals surface area (Å²) in [6, 6.07) is 0.220. The van der Waals surface area contributed by atoms with Crippen LogP contribution < -0.4 is 5.73 Å². The third kappa shape index (κ3) is 3.77. The predicted octanol–water partition coefficient (Wildman–Crippen LogP) is 1.13. The molecule has 0 fully saturated rings. The second-order valence-corrected chi connectivity index (χ2v) is 7.08. The molecule has 0 saturated carbocycles. The molecule has 0 amide bonds.